The average Bonchev–Trinajstić information content (AvgIpc) is 3.01. The largest absolute Gasteiger partial charge is 0.378 e. The molecule has 0 fully saturated rings. The Hall–Kier alpha value is -2.07. The second kappa shape index (κ2) is 6.34. The van der Waals surface area contributed by atoms with E-state index in [-0.39, 0.29) is 11.3 Å². The van der Waals surface area contributed by atoms with Gasteiger partial charge >= 0.3 is 0 Å². The lowest BCUT2D eigenvalue weighted by Crippen LogP contribution is -2.34. The highest BCUT2D eigenvalue weighted by atomic mass is 16.5. The standard InChI is InChI=1S/C21H26N2O2/c1-3-21-10-6-12-23-15(14-25-2)13-17(20(21)23)16-7-4-5-8-18(16)22-19(24)9-11-21/h4-5,7-8,13H,3,6,9-12,14H2,1-2H3,(H,22,24)/t21-/m1/s1. The Morgan fingerprint density at radius 2 is 2.08 bits per heavy atom. The summed E-state index contributed by atoms with van der Waals surface area (Å²) in [5.41, 5.74) is 6.05. The lowest BCUT2D eigenvalue weighted by molar-refractivity contribution is -0.116. The topological polar surface area (TPSA) is 43.3 Å². The van der Waals surface area contributed by atoms with Gasteiger partial charge < -0.3 is 14.6 Å². The molecule has 4 rings (SSSR count). The van der Waals surface area contributed by atoms with Crippen LogP contribution in [0.5, 0.6) is 0 Å². The number of carbonyl (C=O) groups is 1. The van der Waals surface area contributed by atoms with Crippen molar-refractivity contribution in [1.29, 1.82) is 0 Å². The molecular weight excluding hydrogens is 312 g/mol. The van der Waals surface area contributed by atoms with Crippen LogP contribution < -0.4 is 5.32 Å². The van der Waals surface area contributed by atoms with Crippen LogP contribution in [0.4, 0.5) is 5.69 Å². The van der Waals surface area contributed by atoms with E-state index in [1.165, 1.54) is 17.0 Å². The Morgan fingerprint density at radius 3 is 2.88 bits per heavy atom. The normalized spacial score (nSPS) is 22.2. The summed E-state index contributed by atoms with van der Waals surface area (Å²) in [7, 11) is 1.76. The minimum Gasteiger partial charge on any atom is -0.378 e. The number of para-hydroxylation sites is 1. The molecule has 1 atom stereocenters. The summed E-state index contributed by atoms with van der Waals surface area (Å²) in [5.74, 6) is 0.125. The molecule has 4 heteroatoms. The summed E-state index contributed by atoms with van der Waals surface area (Å²) in [6.07, 6.45) is 4.86. The van der Waals surface area contributed by atoms with Gasteiger partial charge in [-0.15, -0.1) is 0 Å². The van der Waals surface area contributed by atoms with Crippen LogP contribution in [-0.4, -0.2) is 17.6 Å². The molecule has 3 heterocycles. The number of hydrogen-bond donors (Lipinski definition) is 1. The third kappa shape index (κ3) is 2.60. The third-order valence-electron chi connectivity index (χ3n) is 6.01. The number of amides is 1. The lowest BCUT2D eigenvalue weighted by atomic mass is 9.70. The zero-order valence-electron chi connectivity index (χ0n) is 15.1. The summed E-state index contributed by atoms with van der Waals surface area (Å²) in [6.45, 7) is 3.94. The van der Waals surface area contributed by atoms with Crippen LogP contribution in [0.2, 0.25) is 0 Å². The maximum absolute atomic E-state index is 12.5. The molecule has 1 aromatic heterocycles. The lowest BCUT2D eigenvalue weighted by Gasteiger charge is -2.39. The smallest absolute Gasteiger partial charge is 0.224 e. The van der Waals surface area contributed by atoms with Gasteiger partial charge in [0.1, 0.15) is 0 Å². The van der Waals surface area contributed by atoms with Gasteiger partial charge in [-0.2, -0.15) is 0 Å². The molecule has 0 saturated heterocycles. The molecule has 0 spiro atoms. The number of rotatable bonds is 3. The summed E-state index contributed by atoms with van der Waals surface area (Å²) in [6, 6.07) is 10.5. The molecule has 2 aliphatic heterocycles. The van der Waals surface area contributed by atoms with Crippen LogP contribution in [0, 0.1) is 0 Å². The van der Waals surface area contributed by atoms with Crippen molar-refractivity contribution >= 4 is 11.6 Å². The van der Waals surface area contributed by atoms with Crippen LogP contribution in [0.15, 0.2) is 30.3 Å². The fraction of sp³-hybridized carbons (Fsp3) is 0.476. The molecule has 0 saturated carbocycles. The van der Waals surface area contributed by atoms with Crippen molar-refractivity contribution in [2.24, 2.45) is 0 Å². The average molecular weight is 338 g/mol. The Bertz CT molecular complexity index is 808. The molecule has 4 nitrogen and oxygen atoms in total. The summed E-state index contributed by atoms with van der Waals surface area (Å²) in [5, 5.41) is 3.13. The van der Waals surface area contributed by atoms with Crippen molar-refractivity contribution in [1.82, 2.24) is 4.57 Å². The number of anilines is 1. The van der Waals surface area contributed by atoms with E-state index >= 15 is 0 Å². The van der Waals surface area contributed by atoms with E-state index in [1.807, 2.05) is 12.1 Å². The van der Waals surface area contributed by atoms with E-state index in [0.29, 0.717) is 13.0 Å². The molecule has 0 aliphatic carbocycles. The van der Waals surface area contributed by atoms with Crippen LogP contribution in [0.1, 0.15) is 50.4 Å². The fourth-order valence-electron chi connectivity index (χ4n) is 4.75. The van der Waals surface area contributed by atoms with Gasteiger partial charge in [0.25, 0.3) is 0 Å². The van der Waals surface area contributed by atoms with Crippen molar-refractivity contribution in [3.8, 4) is 11.1 Å². The van der Waals surface area contributed by atoms with Crippen molar-refractivity contribution in [2.75, 3.05) is 12.4 Å². The Labute approximate surface area is 149 Å². The molecule has 0 radical (unpaired) electrons. The van der Waals surface area contributed by atoms with Gasteiger partial charge in [0.05, 0.1) is 6.61 Å². The van der Waals surface area contributed by atoms with Gasteiger partial charge in [0.2, 0.25) is 5.91 Å². The second-order valence-electron chi connectivity index (χ2n) is 7.31. The van der Waals surface area contributed by atoms with Gasteiger partial charge in [-0.1, -0.05) is 25.1 Å². The molecule has 25 heavy (non-hydrogen) atoms. The Balaban J connectivity index is 2.01. The first kappa shape index (κ1) is 16.4. The minimum absolute atomic E-state index is 0.0777. The first-order valence-electron chi connectivity index (χ1n) is 9.29. The van der Waals surface area contributed by atoms with Crippen LogP contribution in [0.3, 0.4) is 0 Å². The molecular formula is C21H26N2O2. The molecule has 1 N–H and O–H groups in total. The predicted octanol–water partition coefficient (Wildman–Crippen LogP) is 4.48. The number of carbonyl (C=O) groups excluding carboxylic acids is 1. The zero-order chi connectivity index (χ0) is 17.4. The van der Waals surface area contributed by atoms with Crippen molar-refractivity contribution in [2.45, 2.75) is 57.6 Å². The monoisotopic (exact) mass is 338 g/mol. The highest BCUT2D eigenvalue weighted by Gasteiger charge is 2.40. The summed E-state index contributed by atoms with van der Waals surface area (Å²) in [4.78, 5) is 12.5. The van der Waals surface area contributed by atoms with E-state index in [1.54, 1.807) is 7.11 Å². The van der Waals surface area contributed by atoms with Crippen LogP contribution in [-0.2, 0) is 28.1 Å². The Kier molecular flexibility index (Phi) is 4.16. The van der Waals surface area contributed by atoms with E-state index in [4.69, 9.17) is 4.74 Å². The number of benzene rings is 1. The van der Waals surface area contributed by atoms with Gasteiger partial charge in [0.15, 0.2) is 0 Å². The van der Waals surface area contributed by atoms with Gasteiger partial charge in [-0.25, -0.2) is 0 Å². The van der Waals surface area contributed by atoms with Gasteiger partial charge in [-0.05, 0) is 37.8 Å². The number of nitrogens with zero attached hydrogens (tertiary/aromatic N) is 1. The maximum Gasteiger partial charge on any atom is 0.224 e. The fourth-order valence-corrected chi connectivity index (χ4v) is 4.75. The second-order valence-corrected chi connectivity index (χ2v) is 7.31. The highest BCUT2D eigenvalue weighted by Crippen LogP contribution is 2.48. The molecule has 1 aromatic carbocycles. The third-order valence-corrected chi connectivity index (χ3v) is 6.01. The van der Waals surface area contributed by atoms with E-state index in [9.17, 15) is 4.79 Å². The number of fused-ring (bicyclic) bond motifs is 2. The minimum atomic E-state index is 0.0777. The van der Waals surface area contributed by atoms with Crippen LogP contribution >= 0.6 is 0 Å². The molecule has 132 valence electrons. The first-order valence-corrected chi connectivity index (χ1v) is 9.29. The summed E-state index contributed by atoms with van der Waals surface area (Å²) < 4.78 is 7.95. The number of methoxy groups -OCH3 is 1. The van der Waals surface area contributed by atoms with Crippen molar-refractivity contribution < 1.29 is 9.53 Å². The Morgan fingerprint density at radius 1 is 1.24 bits per heavy atom. The van der Waals surface area contributed by atoms with Crippen molar-refractivity contribution in [3.63, 3.8) is 0 Å². The van der Waals surface area contributed by atoms with E-state index in [0.717, 1.165) is 43.5 Å². The molecule has 1 amide bonds. The van der Waals surface area contributed by atoms with Gasteiger partial charge in [0, 0.05) is 53.7 Å². The molecule has 2 aliphatic rings. The predicted molar refractivity (Wildman–Crippen MR) is 99.6 cm³/mol. The van der Waals surface area contributed by atoms with E-state index in [2.05, 4.69) is 35.0 Å². The maximum atomic E-state index is 12.5. The quantitative estimate of drug-likeness (QED) is 0.897. The molecule has 0 unspecified atom stereocenters. The first-order chi connectivity index (χ1) is 12.2. The van der Waals surface area contributed by atoms with Crippen molar-refractivity contribution in [3.05, 3.63) is 41.7 Å². The number of hydrogen-bond acceptors (Lipinski definition) is 2. The zero-order valence-corrected chi connectivity index (χ0v) is 15.1. The number of ether oxygens (including phenoxy) is 1. The summed E-state index contributed by atoms with van der Waals surface area (Å²) >= 11 is 0. The van der Waals surface area contributed by atoms with Gasteiger partial charge in [-0.3, -0.25) is 4.79 Å². The highest BCUT2D eigenvalue weighted by molar-refractivity contribution is 5.96. The SMILES string of the molecule is CC[C@]12CCCn3c(COC)cc(c31)-c1ccccc1NC(=O)CC2. The number of nitrogens with one attached hydrogen (secondary N) is 1. The van der Waals surface area contributed by atoms with E-state index < -0.39 is 0 Å². The molecule has 2 aromatic rings. The number of aromatic nitrogens is 1. The van der Waals surface area contributed by atoms with Crippen LogP contribution in [0.25, 0.3) is 11.1 Å². The molecule has 0 bridgehead atoms.